The van der Waals surface area contributed by atoms with Gasteiger partial charge in [0.05, 0.1) is 12.9 Å². The lowest BCUT2D eigenvalue weighted by molar-refractivity contribution is -0.125. The van der Waals surface area contributed by atoms with Crippen molar-refractivity contribution < 1.29 is 22.7 Å². The fraction of sp³-hybridized carbons (Fsp3) is 0.567. The van der Waals surface area contributed by atoms with E-state index < -0.39 is 10.0 Å². The first-order valence-corrected chi connectivity index (χ1v) is 16.3. The highest BCUT2D eigenvalue weighted by atomic mass is 32.2. The molecule has 10 heteroatoms. The van der Waals surface area contributed by atoms with Gasteiger partial charge in [0.1, 0.15) is 17.5 Å². The number of anilines is 1. The number of benzene rings is 2. The summed E-state index contributed by atoms with van der Waals surface area (Å²) in [6.45, 7) is 3.95. The average molecular weight is 573 g/mol. The Morgan fingerprint density at radius 1 is 0.950 bits per heavy atom. The van der Waals surface area contributed by atoms with Crippen LogP contribution in [0.5, 0.6) is 11.5 Å². The van der Waals surface area contributed by atoms with Crippen LogP contribution >= 0.6 is 0 Å². The minimum absolute atomic E-state index is 0.0543. The Bertz CT molecular complexity index is 1160. The zero-order chi connectivity index (χ0) is 28.4. The largest absolute Gasteiger partial charge is 0.457 e. The van der Waals surface area contributed by atoms with E-state index >= 15 is 0 Å². The SMILES string of the molecule is COCC(NC1CCN(Cc2ccc(Oc3ccc(NS(C)(=O)=O)cc3)cc2)CC1)C(=O)NCC1CCCCC1. The summed E-state index contributed by atoms with van der Waals surface area (Å²) < 4.78 is 36.4. The fourth-order valence-electron chi connectivity index (χ4n) is 5.53. The number of amides is 1. The van der Waals surface area contributed by atoms with Crippen LogP contribution in [0.25, 0.3) is 0 Å². The molecule has 0 spiro atoms. The number of piperidine rings is 1. The summed E-state index contributed by atoms with van der Waals surface area (Å²) >= 11 is 0. The zero-order valence-corrected chi connectivity index (χ0v) is 24.5. The number of sulfonamides is 1. The third kappa shape index (κ3) is 10.1. The molecule has 220 valence electrons. The van der Waals surface area contributed by atoms with Crippen LogP contribution in [0.4, 0.5) is 5.69 Å². The van der Waals surface area contributed by atoms with Crippen molar-refractivity contribution in [1.82, 2.24) is 15.5 Å². The topological polar surface area (TPSA) is 109 Å². The molecule has 1 saturated heterocycles. The molecule has 0 bridgehead atoms. The van der Waals surface area contributed by atoms with Crippen LogP contribution in [0, 0.1) is 5.92 Å². The van der Waals surface area contributed by atoms with Crippen LogP contribution in [0.1, 0.15) is 50.5 Å². The Labute approximate surface area is 239 Å². The molecule has 1 saturated carbocycles. The van der Waals surface area contributed by atoms with Crippen molar-refractivity contribution in [2.24, 2.45) is 5.92 Å². The molecule has 0 radical (unpaired) electrons. The Hall–Kier alpha value is -2.66. The third-order valence-corrected chi connectivity index (χ3v) is 8.29. The molecule has 2 aromatic rings. The van der Waals surface area contributed by atoms with E-state index in [1.807, 2.05) is 12.1 Å². The second-order valence-corrected chi connectivity index (χ2v) is 12.9. The Morgan fingerprint density at radius 3 is 2.17 bits per heavy atom. The van der Waals surface area contributed by atoms with Gasteiger partial charge in [-0.1, -0.05) is 31.4 Å². The van der Waals surface area contributed by atoms with Gasteiger partial charge in [0.25, 0.3) is 0 Å². The molecule has 3 N–H and O–H groups in total. The maximum Gasteiger partial charge on any atom is 0.239 e. The minimum Gasteiger partial charge on any atom is -0.457 e. The quantitative estimate of drug-likeness (QED) is 0.331. The van der Waals surface area contributed by atoms with E-state index in [0.717, 1.165) is 51.0 Å². The first-order valence-electron chi connectivity index (χ1n) is 14.4. The third-order valence-electron chi connectivity index (χ3n) is 7.69. The number of likely N-dealkylation sites (tertiary alicyclic amines) is 1. The molecular formula is C30H44N4O5S. The fourth-order valence-corrected chi connectivity index (χ4v) is 6.09. The number of carbonyl (C=O) groups excluding carboxylic acids is 1. The van der Waals surface area contributed by atoms with Crippen molar-refractivity contribution in [1.29, 1.82) is 0 Å². The number of hydrogen-bond donors (Lipinski definition) is 3. The normalized spacial score (nSPS) is 18.2. The van der Waals surface area contributed by atoms with Crippen LogP contribution in [0.2, 0.25) is 0 Å². The second kappa shape index (κ2) is 14.8. The van der Waals surface area contributed by atoms with Gasteiger partial charge in [-0.25, -0.2) is 8.42 Å². The van der Waals surface area contributed by atoms with E-state index in [1.54, 1.807) is 31.4 Å². The lowest BCUT2D eigenvalue weighted by Gasteiger charge is -2.34. The van der Waals surface area contributed by atoms with Gasteiger partial charge in [0.15, 0.2) is 0 Å². The predicted octanol–water partition coefficient (Wildman–Crippen LogP) is 4.12. The molecule has 0 aromatic heterocycles. The van der Waals surface area contributed by atoms with Gasteiger partial charge in [-0.2, -0.15) is 0 Å². The summed E-state index contributed by atoms with van der Waals surface area (Å²) in [4.78, 5) is 15.3. The van der Waals surface area contributed by atoms with E-state index in [9.17, 15) is 13.2 Å². The number of methoxy groups -OCH3 is 1. The molecule has 1 amide bonds. The lowest BCUT2D eigenvalue weighted by atomic mass is 9.89. The van der Waals surface area contributed by atoms with Gasteiger partial charge in [-0.15, -0.1) is 0 Å². The van der Waals surface area contributed by atoms with Gasteiger partial charge in [-0.3, -0.25) is 14.4 Å². The van der Waals surface area contributed by atoms with Crippen molar-refractivity contribution in [3.05, 3.63) is 54.1 Å². The highest BCUT2D eigenvalue weighted by molar-refractivity contribution is 7.92. The highest BCUT2D eigenvalue weighted by Gasteiger charge is 2.26. The van der Waals surface area contributed by atoms with E-state index in [4.69, 9.17) is 9.47 Å². The lowest BCUT2D eigenvalue weighted by Crippen LogP contribution is -2.53. The maximum atomic E-state index is 12.9. The summed E-state index contributed by atoms with van der Waals surface area (Å²) in [6, 6.07) is 14.8. The number of nitrogens with zero attached hydrogens (tertiary/aromatic N) is 1. The maximum absolute atomic E-state index is 12.9. The van der Waals surface area contributed by atoms with Crippen molar-refractivity contribution >= 4 is 21.6 Å². The molecule has 40 heavy (non-hydrogen) atoms. The molecular weight excluding hydrogens is 528 g/mol. The van der Waals surface area contributed by atoms with Crippen molar-refractivity contribution in [3.8, 4) is 11.5 Å². The van der Waals surface area contributed by atoms with Gasteiger partial charge in [0, 0.05) is 31.9 Å². The summed E-state index contributed by atoms with van der Waals surface area (Å²) in [5.74, 6) is 2.03. The van der Waals surface area contributed by atoms with Gasteiger partial charge >= 0.3 is 0 Å². The Morgan fingerprint density at radius 2 is 1.57 bits per heavy atom. The standard InChI is InChI=1S/C30H44N4O5S/c1-38-22-29(30(35)31-20-23-6-4-3-5-7-23)32-25-16-18-34(19-17-25)21-24-8-12-27(13-9-24)39-28-14-10-26(11-15-28)33-40(2,36)37/h8-15,23,25,29,32-33H,3-7,16-22H2,1-2H3,(H,31,35). The van der Waals surface area contributed by atoms with E-state index in [1.165, 1.54) is 37.7 Å². The second-order valence-electron chi connectivity index (χ2n) is 11.1. The molecule has 2 aromatic carbocycles. The average Bonchev–Trinajstić information content (AvgIpc) is 2.94. The van der Waals surface area contributed by atoms with E-state index in [0.29, 0.717) is 30.0 Å². The van der Waals surface area contributed by atoms with Crippen LogP contribution in [-0.4, -0.2) is 70.9 Å². The monoisotopic (exact) mass is 572 g/mol. The van der Waals surface area contributed by atoms with Crippen LogP contribution < -0.4 is 20.1 Å². The number of nitrogens with one attached hydrogen (secondary N) is 3. The summed E-state index contributed by atoms with van der Waals surface area (Å²) in [5, 5.41) is 6.73. The van der Waals surface area contributed by atoms with Crippen molar-refractivity contribution in [2.75, 3.05) is 44.3 Å². The van der Waals surface area contributed by atoms with Crippen molar-refractivity contribution in [2.45, 2.75) is 63.6 Å². The van der Waals surface area contributed by atoms with Crippen LogP contribution in [-0.2, 0) is 26.1 Å². The van der Waals surface area contributed by atoms with Gasteiger partial charge in [-0.05, 0) is 86.7 Å². The van der Waals surface area contributed by atoms with E-state index in [-0.39, 0.29) is 11.9 Å². The first-order chi connectivity index (χ1) is 19.3. The summed E-state index contributed by atoms with van der Waals surface area (Å²) in [6.07, 6.45) is 9.41. The molecule has 1 aliphatic carbocycles. The molecule has 2 aliphatic rings. The van der Waals surface area contributed by atoms with Gasteiger partial charge < -0.3 is 20.1 Å². The molecule has 2 fully saturated rings. The van der Waals surface area contributed by atoms with Gasteiger partial charge in [0.2, 0.25) is 15.9 Å². The van der Waals surface area contributed by atoms with Crippen LogP contribution in [0.3, 0.4) is 0 Å². The highest BCUT2D eigenvalue weighted by Crippen LogP contribution is 2.25. The molecule has 1 heterocycles. The number of rotatable bonds is 13. The molecule has 1 atom stereocenters. The molecule has 1 unspecified atom stereocenters. The predicted molar refractivity (Wildman–Crippen MR) is 158 cm³/mol. The molecule has 1 aliphatic heterocycles. The van der Waals surface area contributed by atoms with Crippen LogP contribution in [0.15, 0.2) is 48.5 Å². The summed E-state index contributed by atoms with van der Waals surface area (Å²) in [7, 11) is -1.66. The number of carbonyl (C=O) groups is 1. The summed E-state index contributed by atoms with van der Waals surface area (Å²) in [5.41, 5.74) is 1.71. The van der Waals surface area contributed by atoms with Crippen molar-refractivity contribution in [3.63, 3.8) is 0 Å². The Balaban J connectivity index is 1.19. The molecule has 9 nitrogen and oxygen atoms in total. The zero-order valence-electron chi connectivity index (χ0n) is 23.7. The first kappa shape index (κ1) is 30.3. The Kier molecular flexibility index (Phi) is 11.2. The molecule has 4 rings (SSSR count). The van der Waals surface area contributed by atoms with E-state index in [2.05, 4.69) is 32.4 Å². The smallest absolute Gasteiger partial charge is 0.239 e. The number of hydrogen-bond acceptors (Lipinski definition) is 7. The number of ether oxygens (including phenoxy) is 2. The minimum atomic E-state index is -3.31.